The number of carbonyl (C=O) groups is 1. The van der Waals surface area contributed by atoms with Gasteiger partial charge in [0.2, 0.25) is 0 Å². The first-order chi connectivity index (χ1) is 15.1. The Kier molecular flexibility index (Phi) is 5.58. The number of amides is 1. The zero-order valence-corrected chi connectivity index (χ0v) is 18.9. The molecule has 1 fully saturated rings. The SMILES string of the molecule is CC(C)c1nnnn1-c1cc(C(=O)NC2(C)CCS(=O)(=O)C2)cc(-c2ccc(F)cc2)c1. The molecule has 1 unspecified atom stereocenters. The van der Waals surface area contributed by atoms with E-state index >= 15 is 0 Å². The van der Waals surface area contributed by atoms with Crippen LogP contribution >= 0.6 is 0 Å². The monoisotopic (exact) mass is 457 g/mol. The molecule has 1 aliphatic rings. The van der Waals surface area contributed by atoms with E-state index in [9.17, 15) is 17.6 Å². The lowest BCUT2D eigenvalue weighted by molar-refractivity contribution is 0.0915. The highest BCUT2D eigenvalue weighted by atomic mass is 32.2. The molecule has 2 aromatic carbocycles. The first-order valence-electron chi connectivity index (χ1n) is 10.3. The summed E-state index contributed by atoms with van der Waals surface area (Å²) in [5.41, 5.74) is 1.48. The molecule has 0 saturated carbocycles. The predicted molar refractivity (Wildman–Crippen MR) is 118 cm³/mol. The predicted octanol–water partition coefficient (Wildman–Crippen LogP) is 2.90. The van der Waals surface area contributed by atoms with Crippen LogP contribution < -0.4 is 5.32 Å². The van der Waals surface area contributed by atoms with Crippen molar-refractivity contribution >= 4 is 15.7 Å². The number of hydrogen-bond donors (Lipinski definition) is 1. The van der Waals surface area contributed by atoms with Gasteiger partial charge in [-0.3, -0.25) is 4.79 Å². The third kappa shape index (κ3) is 4.55. The second kappa shape index (κ2) is 8.09. The van der Waals surface area contributed by atoms with E-state index in [0.717, 1.165) is 5.56 Å². The Balaban J connectivity index is 1.77. The zero-order chi connectivity index (χ0) is 23.1. The molecule has 3 aromatic rings. The summed E-state index contributed by atoms with van der Waals surface area (Å²) < 4.78 is 38.9. The molecule has 168 valence electrons. The van der Waals surface area contributed by atoms with Crippen molar-refractivity contribution < 1.29 is 17.6 Å². The molecule has 32 heavy (non-hydrogen) atoms. The number of aromatic nitrogens is 4. The van der Waals surface area contributed by atoms with E-state index in [-0.39, 0.29) is 23.2 Å². The van der Waals surface area contributed by atoms with Crippen LogP contribution in [0, 0.1) is 5.82 Å². The summed E-state index contributed by atoms with van der Waals surface area (Å²) in [6, 6.07) is 11.1. The normalized spacial score (nSPS) is 19.9. The zero-order valence-electron chi connectivity index (χ0n) is 18.0. The maximum Gasteiger partial charge on any atom is 0.251 e. The summed E-state index contributed by atoms with van der Waals surface area (Å²) in [4.78, 5) is 13.2. The molecular formula is C22H24FN5O3S. The average Bonchev–Trinajstić information content (AvgIpc) is 3.32. The lowest BCUT2D eigenvalue weighted by Crippen LogP contribution is -2.46. The summed E-state index contributed by atoms with van der Waals surface area (Å²) in [5.74, 6) is -0.135. The molecule has 2 heterocycles. The Morgan fingerprint density at radius 2 is 1.88 bits per heavy atom. The highest BCUT2D eigenvalue weighted by Crippen LogP contribution is 2.28. The number of hydrogen-bond acceptors (Lipinski definition) is 6. The lowest BCUT2D eigenvalue weighted by atomic mass is 9.99. The molecule has 0 bridgehead atoms. The van der Waals surface area contributed by atoms with Crippen LogP contribution in [0.4, 0.5) is 4.39 Å². The van der Waals surface area contributed by atoms with Crippen molar-refractivity contribution in [1.82, 2.24) is 25.5 Å². The maximum absolute atomic E-state index is 13.4. The Bertz CT molecular complexity index is 1270. The van der Waals surface area contributed by atoms with Crippen LogP contribution in [0.15, 0.2) is 42.5 Å². The quantitative estimate of drug-likeness (QED) is 0.631. The van der Waals surface area contributed by atoms with Crippen LogP contribution in [-0.2, 0) is 9.84 Å². The molecule has 8 nitrogen and oxygen atoms in total. The van der Waals surface area contributed by atoms with Gasteiger partial charge in [0.1, 0.15) is 5.82 Å². The van der Waals surface area contributed by atoms with Gasteiger partial charge in [0.05, 0.1) is 22.7 Å². The highest BCUT2D eigenvalue weighted by molar-refractivity contribution is 7.91. The van der Waals surface area contributed by atoms with Gasteiger partial charge in [-0.25, -0.2) is 12.8 Å². The molecule has 4 rings (SSSR count). The topological polar surface area (TPSA) is 107 Å². The van der Waals surface area contributed by atoms with Gasteiger partial charge >= 0.3 is 0 Å². The number of nitrogens with one attached hydrogen (secondary N) is 1. The first kappa shape index (κ1) is 22.1. The number of nitrogens with zero attached hydrogens (tertiary/aromatic N) is 4. The second-order valence-electron chi connectivity index (χ2n) is 8.74. The van der Waals surface area contributed by atoms with Crippen molar-refractivity contribution in [3.05, 3.63) is 59.7 Å². The Morgan fingerprint density at radius 1 is 1.16 bits per heavy atom. The fraction of sp³-hybridized carbons (Fsp3) is 0.364. The Labute approximate surface area is 185 Å². The summed E-state index contributed by atoms with van der Waals surface area (Å²) in [6.45, 7) is 5.65. The fourth-order valence-electron chi connectivity index (χ4n) is 3.87. The Morgan fingerprint density at radius 3 is 2.50 bits per heavy atom. The van der Waals surface area contributed by atoms with Crippen LogP contribution in [-0.4, -0.2) is 51.6 Å². The van der Waals surface area contributed by atoms with Gasteiger partial charge in [0, 0.05) is 11.5 Å². The molecule has 1 atom stereocenters. The highest BCUT2D eigenvalue weighted by Gasteiger charge is 2.39. The molecule has 0 radical (unpaired) electrons. The minimum Gasteiger partial charge on any atom is -0.346 e. The number of halogens is 1. The van der Waals surface area contributed by atoms with Crippen molar-refractivity contribution in [1.29, 1.82) is 0 Å². The number of benzene rings is 2. The van der Waals surface area contributed by atoms with Gasteiger partial charge in [-0.05, 0) is 65.2 Å². The van der Waals surface area contributed by atoms with Gasteiger partial charge < -0.3 is 5.32 Å². The second-order valence-corrected chi connectivity index (χ2v) is 10.9. The molecule has 0 aliphatic carbocycles. The van der Waals surface area contributed by atoms with Gasteiger partial charge in [0.25, 0.3) is 5.91 Å². The third-order valence-corrected chi connectivity index (χ3v) is 7.43. The van der Waals surface area contributed by atoms with E-state index in [4.69, 9.17) is 0 Å². The van der Waals surface area contributed by atoms with Gasteiger partial charge in [0.15, 0.2) is 15.7 Å². The van der Waals surface area contributed by atoms with Gasteiger partial charge in [-0.2, -0.15) is 4.68 Å². The van der Waals surface area contributed by atoms with Crippen LogP contribution in [0.2, 0.25) is 0 Å². The van der Waals surface area contributed by atoms with E-state index in [2.05, 4.69) is 20.8 Å². The average molecular weight is 458 g/mol. The lowest BCUT2D eigenvalue weighted by Gasteiger charge is -2.24. The molecule has 10 heteroatoms. The van der Waals surface area contributed by atoms with Crippen molar-refractivity contribution in [2.45, 2.75) is 38.6 Å². The standard InChI is InChI=1S/C22H24FN5O3S/c1-14(2)20-25-26-27-28(20)19-11-16(15-4-6-18(23)7-5-15)10-17(12-19)21(29)24-22(3)8-9-32(30,31)13-22/h4-7,10-12,14H,8-9,13H2,1-3H3,(H,24,29). The molecule has 1 N–H and O–H groups in total. The minimum absolute atomic E-state index is 0.0411. The molecule has 1 aromatic heterocycles. The minimum atomic E-state index is -3.18. The largest absolute Gasteiger partial charge is 0.346 e. The van der Waals surface area contributed by atoms with Crippen LogP contribution in [0.25, 0.3) is 16.8 Å². The van der Waals surface area contributed by atoms with Crippen LogP contribution in [0.5, 0.6) is 0 Å². The van der Waals surface area contributed by atoms with Gasteiger partial charge in [-0.1, -0.05) is 26.0 Å². The summed E-state index contributed by atoms with van der Waals surface area (Å²) in [7, 11) is -3.18. The van der Waals surface area contributed by atoms with E-state index in [1.54, 1.807) is 35.9 Å². The summed E-state index contributed by atoms with van der Waals surface area (Å²) >= 11 is 0. The van der Waals surface area contributed by atoms with E-state index < -0.39 is 21.3 Å². The third-order valence-electron chi connectivity index (χ3n) is 5.53. The fourth-order valence-corrected chi connectivity index (χ4v) is 5.96. The molecular weight excluding hydrogens is 433 g/mol. The molecule has 1 aliphatic heterocycles. The van der Waals surface area contributed by atoms with Crippen LogP contribution in [0.1, 0.15) is 49.3 Å². The summed E-state index contributed by atoms with van der Waals surface area (Å²) in [6.07, 6.45) is 0.357. The van der Waals surface area contributed by atoms with Crippen LogP contribution in [0.3, 0.4) is 0 Å². The summed E-state index contributed by atoms with van der Waals surface area (Å²) in [5, 5.41) is 14.8. The Hall–Kier alpha value is -3.14. The first-order valence-corrected chi connectivity index (χ1v) is 12.1. The van der Waals surface area contributed by atoms with Crippen molar-refractivity contribution in [3.63, 3.8) is 0 Å². The smallest absolute Gasteiger partial charge is 0.251 e. The number of rotatable bonds is 5. The van der Waals surface area contributed by atoms with E-state index in [0.29, 0.717) is 29.1 Å². The number of tetrazole rings is 1. The van der Waals surface area contributed by atoms with E-state index in [1.165, 1.54) is 12.1 Å². The number of sulfone groups is 1. The number of carbonyl (C=O) groups excluding carboxylic acids is 1. The molecule has 0 spiro atoms. The van der Waals surface area contributed by atoms with Crippen molar-refractivity contribution in [2.75, 3.05) is 11.5 Å². The van der Waals surface area contributed by atoms with Crippen molar-refractivity contribution in [2.24, 2.45) is 0 Å². The maximum atomic E-state index is 13.4. The van der Waals surface area contributed by atoms with Gasteiger partial charge in [-0.15, -0.1) is 5.10 Å². The van der Waals surface area contributed by atoms with E-state index in [1.807, 2.05) is 19.9 Å². The molecule has 1 saturated heterocycles. The molecule has 1 amide bonds. The van der Waals surface area contributed by atoms with Crippen molar-refractivity contribution in [3.8, 4) is 16.8 Å².